The van der Waals surface area contributed by atoms with Gasteiger partial charge in [0.05, 0.1) is 31.1 Å². The number of fused-ring (bicyclic) bond motifs is 5. The molecule has 0 aromatic rings. The number of carboxylic acids is 2. The van der Waals surface area contributed by atoms with E-state index < -0.39 is 94.2 Å². The standard InChI is InChI=1S/C36H50O13/c1-20(2)21(3)17-31(44)48-26-19-25-32(5)13-12-24(47-29(42)9-7-27(38)39)18-23(32)11-14-34(25,45)36(46)16-15-35(22(4)37,33(26,36)6)49-30(43)10-8-28(40)41/h11,17,20,24-26,45-46H,7-10,12-16,18-19H2,1-6H3,(H,38,39)(H,40,41)/b21-17+/t24-,25?,26+,32-,33+,34-,35+,36+/m0/s1. The average molecular weight is 691 g/mol. The van der Waals surface area contributed by atoms with Gasteiger partial charge in [0.1, 0.15) is 23.4 Å². The van der Waals surface area contributed by atoms with Crippen molar-refractivity contribution in [1.29, 1.82) is 0 Å². The van der Waals surface area contributed by atoms with Crippen LogP contribution in [0, 0.1) is 22.7 Å². The summed E-state index contributed by atoms with van der Waals surface area (Å²) in [7, 11) is 0. The average Bonchev–Trinajstić information content (AvgIpc) is 3.25. The third-order valence-corrected chi connectivity index (χ3v) is 12.3. The van der Waals surface area contributed by atoms with Crippen LogP contribution in [0.15, 0.2) is 23.3 Å². The maximum absolute atomic E-state index is 13.7. The lowest BCUT2D eigenvalue weighted by Crippen LogP contribution is -2.78. The lowest BCUT2D eigenvalue weighted by atomic mass is 9.42. The maximum atomic E-state index is 13.7. The molecule has 0 aromatic heterocycles. The van der Waals surface area contributed by atoms with Gasteiger partial charge in [-0.15, -0.1) is 0 Å². The summed E-state index contributed by atoms with van der Waals surface area (Å²) in [5.41, 5.74) is -7.03. The summed E-state index contributed by atoms with van der Waals surface area (Å²) < 4.78 is 17.7. The van der Waals surface area contributed by atoms with E-state index in [9.17, 15) is 39.0 Å². The van der Waals surface area contributed by atoms with Crippen LogP contribution in [-0.4, -0.2) is 85.1 Å². The predicted molar refractivity (Wildman–Crippen MR) is 172 cm³/mol. The van der Waals surface area contributed by atoms with Gasteiger partial charge in [0.2, 0.25) is 0 Å². The van der Waals surface area contributed by atoms with E-state index in [1.54, 1.807) is 6.92 Å². The summed E-state index contributed by atoms with van der Waals surface area (Å²) >= 11 is 0. The summed E-state index contributed by atoms with van der Waals surface area (Å²) in [5.74, 6) is -5.96. The Morgan fingerprint density at radius 1 is 0.898 bits per heavy atom. The molecule has 4 aliphatic rings. The van der Waals surface area contributed by atoms with E-state index in [0.717, 1.165) is 11.1 Å². The zero-order chi connectivity index (χ0) is 36.7. The maximum Gasteiger partial charge on any atom is 0.330 e. The summed E-state index contributed by atoms with van der Waals surface area (Å²) in [6, 6.07) is 0. The number of ketones is 1. The highest BCUT2D eigenvalue weighted by atomic mass is 16.6. The second-order valence-electron chi connectivity index (χ2n) is 15.1. The highest BCUT2D eigenvalue weighted by Crippen LogP contribution is 2.71. The van der Waals surface area contributed by atoms with E-state index in [2.05, 4.69) is 0 Å². The molecule has 8 atom stereocenters. The number of rotatable bonds is 12. The quantitative estimate of drug-likeness (QED) is 0.0994. The summed E-state index contributed by atoms with van der Waals surface area (Å²) in [6.45, 7) is 10.2. The molecule has 4 aliphatic carbocycles. The number of aliphatic hydroxyl groups is 2. The van der Waals surface area contributed by atoms with Gasteiger partial charge in [-0.3, -0.25) is 24.0 Å². The van der Waals surface area contributed by atoms with Crippen molar-refractivity contribution in [3.63, 3.8) is 0 Å². The van der Waals surface area contributed by atoms with Gasteiger partial charge in [-0.05, 0) is 70.6 Å². The van der Waals surface area contributed by atoms with Gasteiger partial charge in [-0.1, -0.05) is 38.0 Å². The van der Waals surface area contributed by atoms with Crippen molar-refractivity contribution in [3.05, 3.63) is 23.3 Å². The number of Topliss-reactive ketones (excluding diaryl/α,β-unsaturated/α-hetero) is 1. The Balaban J connectivity index is 1.78. The molecule has 13 nitrogen and oxygen atoms in total. The zero-order valence-corrected chi connectivity index (χ0v) is 29.2. The fourth-order valence-corrected chi connectivity index (χ4v) is 9.10. The van der Waals surface area contributed by atoms with Crippen LogP contribution in [0.1, 0.15) is 112 Å². The molecule has 3 fully saturated rings. The Labute approximate surface area is 286 Å². The molecule has 0 saturated heterocycles. The van der Waals surface area contributed by atoms with Crippen LogP contribution in [0.3, 0.4) is 0 Å². The highest BCUT2D eigenvalue weighted by molar-refractivity contribution is 5.91. The van der Waals surface area contributed by atoms with Crippen molar-refractivity contribution in [2.24, 2.45) is 22.7 Å². The summed E-state index contributed by atoms with van der Waals surface area (Å²) in [5, 5.41) is 43.8. The van der Waals surface area contributed by atoms with Crippen LogP contribution in [-0.2, 0) is 43.0 Å². The molecule has 0 heterocycles. The smallest absolute Gasteiger partial charge is 0.330 e. The fraction of sp³-hybridized carbons (Fsp3) is 0.722. The lowest BCUT2D eigenvalue weighted by Gasteiger charge is -2.67. The van der Waals surface area contributed by atoms with E-state index in [-0.39, 0.29) is 44.4 Å². The summed E-state index contributed by atoms with van der Waals surface area (Å²) in [4.78, 5) is 74.7. The number of hydrogen-bond donors (Lipinski definition) is 4. The minimum absolute atomic E-state index is 0.00573. The molecule has 272 valence electrons. The molecule has 4 rings (SSSR count). The van der Waals surface area contributed by atoms with Gasteiger partial charge in [-0.2, -0.15) is 0 Å². The van der Waals surface area contributed by atoms with Gasteiger partial charge < -0.3 is 34.6 Å². The molecule has 49 heavy (non-hydrogen) atoms. The second-order valence-corrected chi connectivity index (χ2v) is 15.1. The Bertz CT molecular complexity index is 1460. The minimum atomic E-state index is -2.12. The van der Waals surface area contributed by atoms with E-state index in [1.165, 1.54) is 19.9 Å². The first kappa shape index (κ1) is 38.2. The van der Waals surface area contributed by atoms with Crippen molar-refractivity contribution in [2.45, 2.75) is 141 Å². The summed E-state index contributed by atoms with van der Waals surface area (Å²) in [6.07, 6.45) is 0.462. The zero-order valence-electron chi connectivity index (χ0n) is 29.2. The molecule has 0 bridgehead atoms. The number of carbonyl (C=O) groups is 6. The topological polar surface area (TPSA) is 211 Å². The number of aliphatic carboxylic acids is 2. The second kappa shape index (κ2) is 13.6. The highest BCUT2D eigenvalue weighted by Gasteiger charge is 2.83. The van der Waals surface area contributed by atoms with Crippen molar-refractivity contribution in [1.82, 2.24) is 0 Å². The van der Waals surface area contributed by atoms with Crippen LogP contribution >= 0.6 is 0 Å². The van der Waals surface area contributed by atoms with Gasteiger partial charge in [-0.25, -0.2) is 4.79 Å². The van der Waals surface area contributed by atoms with Gasteiger partial charge in [0.25, 0.3) is 0 Å². The number of allylic oxidation sites excluding steroid dienone is 1. The molecule has 0 aromatic carbocycles. The lowest BCUT2D eigenvalue weighted by molar-refractivity contribution is -0.315. The number of carbonyl (C=O) groups excluding carboxylic acids is 4. The number of ether oxygens (including phenoxy) is 3. The van der Waals surface area contributed by atoms with Crippen LogP contribution < -0.4 is 0 Å². The van der Waals surface area contributed by atoms with E-state index in [1.807, 2.05) is 26.8 Å². The molecular formula is C36H50O13. The van der Waals surface area contributed by atoms with E-state index >= 15 is 0 Å². The normalized spacial score (nSPS) is 36.8. The van der Waals surface area contributed by atoms with Crippen LogP contribution in [0.5, 0.6) is 0 Å². The Morgan fingerprint density at radius 2 is 1.51 bits per heavy atom. The van der Waals surface area contributed by atoms with Crippen molar-refractivity contribution in [2.75, 3.05) is 0 Å². The first-order chi connectivity index (χ1) is 22.7. The van der Waals surface area contributed by atoms with Crippen LogP contribution in [0.4, 0.5) is 0 Å². The van der Waals surface area contributed by atoms with E-state index in [0.29, 0.717) is 19.3 Å². The molecule has 0 radical (unpaired) electrons. The SMILES string of the molecule is CC(=O)[C@]1(OC(=O)CCC(=O)O)CC[C@@]2(O)[C@]1(C)[C@H](OC(=O)/C=C(\C)C(C)C)CC1[C@@]3(C)CC[C@H](OC(=O)CCC(=O)O)CC3=CC[C@]12O. The van der Waals surface area contributed by atoms with Gasteiger partial charge >= 0.3 is 29.8 Å². The van der Waals surface area contributed by atoms with Gasteiger partial charge in [0, 0.05) is 18.4 Å². The molecule has 0 spiro atoms. The molecular weight excluding hydrogens is 640 g/mol. The number of esters is 3. The first-order valence-corrected chi connectivity index (χ1v) is 17.1. The first-order valence-electron chi connectivity index (χ1n) is 17.1. The Hall–Kier alpha value is -3.58. The predicted octanol–water partition coefficient (Wildman–Crippen LogP) is 3.82. The number of carboxylic acid groups (broad SMARTS) is 2. The molecule has 4 N–H and O–H groups in total. The van der Waals surface area contributed by atoms with Crippen molar-refractivity contribution in [3.8, 4) is 0 Å². The monoisotopic (exact) mass is 690 g/mol. The van der Waals surface area contributed by atoms with Crippen molar-refractivity contribution < 1.29 is 63.4 Å². The third-order valence-electron chi connectivity index (χ3n) is 12.3. The van der Waals surface area contributed by atoms with Crippen LogP contribution in [0.2, 0.25) is 0 Å². The van der Waals surface area contributed by atoms with Crippen LogP contribution in [0.25, 0.3) is 0 Å². The Kier molecular flexibility index (Phi) is 10.6. The minimum Gasteiger partial charge on any atom is -0.481 e. The number of hydrogen-bond acceptors (Lipinski definition) is 11. The molecule has 3 saturated carbocycles. The van der Waals surface area contributed by atoms with E-state index in [4.69, 9.17) is 24.4 Å². The third kappa shape index (κ3) is 6.44. The fourth-order valence-electron chi connectivity index (χ4n) is 9.10. The molecule has 1 unspecified atom stereocenters. The largest absolute Gasteiger partial charge is 0.481 e. The molecule has 0 amide bonds. The van der Waals surface area contributed by atoms with Crippen molar-refractivity contribution >= 4 is 35.6 Å². The van der Waals surface area contributed by atoms with Gasteiger partial charge in [0.15, 0.2) is 11.4 Å². The molecule has 0 aliphatic heterocycles. The Morgan fingerprint density at radius 3 is 2.08 bits per heavy atom. The molecule has 13 heteroatoms.